The van der Waals surface area contributed by atoms with Gasteiger partial charge in [-0.25, -0.2) is 9.59 Å². The molecule has 0 aromatic heterocycles. The van der Waals surface area contributed by atoms with Gasteiger partial charge in [0.25, 0.3) is 5.69 Å². The molecular weight excluding hydrogens is 797 g/mol. The van der Waals surface area contributed by atoms with Crippen LogP contribution in [0.4, 0.5) is 37.7 Å². The van der Waals surface area contributed by atoms with Gasteiger partial charge in [0.15, 0.2) is 6.10 Å². The van der Waals surface area contributed by atoms with Gasteiger partial charge in [-0.1, -0.05) is 23.2 Å². The predicted molar refractivity (Wildman–Crippen MR) is 182 cm³/mol. The quantitative estimate of drug-likeness (QED) is 0.0577. The molecule has 0 bridgehead atoms. The van der Waals surface area contributed by atoms with Crippen molar-refractivity contribution in [1.82, 2.24) is 0 Å². The fourth-order valence-corrected chi connectivity index (χ4v) is 4.63. The molecule has 0 spiro atoms. The molecule has 294 valence electrons. The Kier molecular flexibility index (Phi) is 14.6. The Labute approximate surface area is 316 Å². The van der Waals surface area contributed by atoms with Crippen molar-refractivity contribution in [3.05, 3.63) is 120 Å². The van der Waals surface area contributed by atoms with E-state index in [1.165, 1.54) is 25.1 Å². The molecule has 1 unspecified atom stereocenters. The fourth-order valence-electron chi connectivity index (χ4n) is 4.19. The minimum atomic E-state index is -4.61. The van der Waals surface area contributed by atoms with Crippen LogP contribution in [-0.2, 0) is 26.6 Å². The Bertz CT molecular complexity index is 2060. The fraction of sp³-hybridized carbons (Fsp3) is 0.235. The summed E-state index contributed by atoms with van der Waals surface area (Å²) in [6.07, 6.45) is -10.5. The molecule has 0 aliphatic carbocycles. The van der Waals surface area contributed by atoms with Gasteiger partial charge in [0.1, 0.15) is 28.6 Å². The van der Waals surface area contributed by atoms with Gasteiger partial charge in [-0.15, -0.1) is 0 Å². The number of carbonyl (C=O) groups excluding carboxylic acids is 2. The van der Waals surface area contributed by atoms with Crippen molar-refractivity contribution in [2.24, 2.45) is 0 Å². The lowest BCUT2D eigenvalue weighted by molar-refractivity contribution is -0.385. The van der Waals surface area contributed by atoms with Crippen LogP contribution in [0.25, 0.3) is 0 Å². The van der Waals surface area contributed by atoms with E-state index in [2.05, 4.69) is 0 Å². The number of halogens is 8. The summed E-state index contributed by atoms with van der Waals surface area (Å²) in [7, 11) is 0. The molecule has 55 heavy (non-hydrogen) atoms. The van der Waals surface area contributed by atoms with E-state index in [1.807, 2.05) is 0 Å². The molecule has 0 N–H and O–H groups in total. The molecule has 4 aromatic rings. The lowest BCUT2D eigenvalue weighted by Gasteiger charge is -2.13. The summed E-state index contributed by atoms with van der Waals surface area (Å²) in [6.45, 7) is 4.67. The number of esters is 2. The Morgan fingerprint density at radius 1 is 0.691 bits per heavy atom. The molecule has 13 nitrogen and oxygen atoms in total. The standard InChI is InChI=1S/C19H15ClF3NO7.C15H11ClF3NO4/c1-3-29-17(25)10(2)30-18(26)13-9-12(5-6-15(13)24(27)28)31-16-7-4-11(8-14(16)20)19(21,22)23;1-2-23-14-8-10(4-5-12(14)20(21)22)24-13-6-3-9(7-11(13)16)15(17,18)19/h4-10H,3H2,1-2H3;3-8H,2H2,1H3. The number of hydrogen-bond donors (Lipinski definition) is 0. The third-order valence-electron chi connectivity index (χ3n) is 6.69. The maximum absolute atomic E-state index is 12.8. The van der Waals surface area contributed by atoms with Crippen LogP contribution < -0.4 is 14.2 Å². The van der Waals surface area contributed by atoms with Gasteiger partial charge in [-0.2, -0.15) is 26.3 Å². The zero-order valence-corrected chi connectivity index (χ0v) is 29.8. The van der Waals surface area contributed by atoms with E-state index in [4.69, 9.17) is 46.9 Å². The van der Waals surface area contributed by atoms with Gasteiger partial charge in [-0.05, 0) is 69.3 Å². The van der Waals surface area contributed by atoms with Gasteiger partial charge in [-0.3, -0.25) is 20.2 Å². The molecule has 0 fully saturated rings. The molecule has 0 amide bonds. The third-order valence-corrected chi connectivity index (χ3v) is 7.28. The van der Waals surface area contributed by atoms with E-state index < -0.39 is 62.6 Å². The van der Waals surface area contributed by atoms with Gasteiger partial charge in [0.05, 0.1) is 44.2 Å². The highest BCUT2D eigenvalue weighted by Crippen LogP contribution is 2.39. The summed E-state index contributed by atoms with van der Waals surface area (Å²) in [4.78, 5) is 44.7. The highest BCUT2D eigenvalue weighted by molar-refractivity contribution is 6.32. The van der Waals surface area contributed by atoms with E-state index in [0.717, 1.165) is 48.5 Å². The first-order valence-corrected chi connectivity index (χ1v) is 16.1. The van der Waals surface area contributed by atoms with E-state index in [0.29, 0.717) is 6.07 Å². The van der Waals surface area contributed by atoms with Crippen LogP contribution in [-0.4, -0.2) is 41.1 Å². The first-order valence-electron chi connectivity index (χ1n) is 15.3. The highest BCUT2D eigenvalue weighted by Gasteiger charge is 2.32. The Hall–Kier alpha value is -5.82. The topological polar surface area (TPSA) is 167 Å². The summed E-state index contributed by atoms with van der Waals surface area (Å²) in [5.41, 5.74) is -3.32. The summed E-state index contributed by atoms with van der Waals surface area (Å²) in [5.74, 6) is -2.24. The summed E-state index contributed by atoms with van der Waals surface area (Å²) in [6, 6.07) is 11.8. The van der Waals surface area contributed by atoms with Gasteiger partial charge in [0.2, 0.25) is 5.75 Å². The van der Waals surface area contributed by atoms with Crippen molar-refractivity contribution >= 4 is 46.5 Å². The van der Waals surface area contributed by atoms with Crippen LogP contribution in [0.5, 0.6) is 28.7 Å². The normalized spacial score (nSPS) is 11.7. The largest absolute Gasteiger partial charge is 0.487 e. The number of nitro groups is 2. The first kappa shape index (κ1) is 43.6. The van der Waals surface area contributed by atoms with Crippen LogP contribution in [0.2, 0.25) is 10.0 Å². The van der Waals surface area contributed by atoms with Crippen molar-refractivity contribution < 1.29 is 69.5 Å². The minimum Gasteiger partial charge on any atom is -0.487 e. The van der Waals surface area contributed by atoms with Crippen molar-refractivity contribution in [3.63, 3.8) is 0 Å². The molecule has 0 saturated carbocycles. The van der Waals surface area contributed by atoms with Gasteiger partial charge >= 0.3 is 30.0 Å². The number of hydrogen-bond acceptors (Lipinski definition) is 11. The van der Waals surface area contributed by atoms with Crippen molar-refractivity contribution in [3.8, 4) is 28.7 Å². The third kappa shape index (κ3) is 12.1. The lowest BCUT2D eigenvalue weighted by Crippen LogP contribution is -2.26. The highest BCUT2D eigenvalue weighted by atomic mass is 35.5. The number of rotatable bonds is 12. The maximum Gasteiger partial charge on any atom is 0.416 e. The van der Waals surface area contributed by atoms with Crippen LogP contribution in [0, 0.1) is 20.2 Å². The predicted octanol–water partition coefficient (Wildman–Crippen LogP) is 10.6. The van der Waals surface area contributed by atoms with Crippen LogP contribution in [0.3, 0.4) is 0 Å². The molecule has 0 aliphatic rings. The second-order valence-corrected chi connectivity index (χ2v) is 11.4. The second kappa shape index (κ2) is 18.5. The SMILES string of the molecule is CCOC(=O)C(C)OC(=O)c1cc(Oc2ccc(C(F)(F)F)cc2Cl)ccc1[N+](=O)[O-].CCOc1cc(Oc2ccc(C(F)(F)F)cc2Cl)ccc1[N+](=O)[O-]. The number of benzene rings is 4. The first-order chi connectivity index (χ1) is 25.7. The molecule has 4 aromatic carbocycles. The molecule has 21 heteroatoms. The molecule has 0 heterocycles. The number of carbonyl (C=O) groups is 2. The molecule has 0 saturated heterocycles. The summed E-state index contributed by atoms with van der Waals surface area (Å²) < 4.78 is 102. The second-order valence-electron chi connectivity index (χ2n) is 10.5. The maximum atomic E-state index is 12.8. The molecule has 4 rings (SSSR count). The molecule has 0 aliphatic heterocycles. The van der Waals surface area contributed by atoms with Crippen molar-refractivity contribution in [1.29, 1.82) is 0 Å². The minimum absolute atomic E-state index is 0.0111. The monoisotopic (exact) mass is 822 g/mol. The van der Waals surface area contributed by atoms with Crippen molar-refractivity contribution in [2.75, 3.05) is 13.2 Å². The van der Waals surface area contributed by atoms with E-state index >= 15 is 0 Å². The van der Waals surface area contributed by atoms with E-state index in [1.54, 1.807) is 13.8 Å². The molecular formula is C34H26Cl2F6N2O11. The Morgan fingerprint density at radius 3 is 1.58 bits per heavy atom. The van der Waals surface area contributed by atoms with E-state index in [9.17, 15) is 56.2 Å². The van der Waals surface area contributed by atoms with Crippen LogP contribution in [0.1, 0.15) is 42.3 Å². The zero-order valence-electron chi connectivity index (χ0n) is 28.3. The van der Waals surface area contributed by atoms with Gasteiger partial charge < -0.3 is 23.7 Å². The number of alkyl halides is 6. The lowest BCUT2D eigenvalue weighted by atomic mass is 10.1. The van der Waals surface area contributed by atoms with Crippen molar-refractivity contribution in [2.45, 2.75) is 39.2 Å². The van der Waals surface area contributed by atoms with Crippen LogP contribution >= 0.6 is 23.2 Å². The number of nitro benzene ring substituents is 2. The van der Waals surface area contributed by atoms with Gasteiger partial charge in [0, 0.05) is 24.3 Å². The average molecular weight is 823 g/mol. The Morgan fingerprint density at radius 2 is 1.16 bits per heavy atom. The average Bonchev–Trinajstić information content (AvgIpc) is 3.09. The molecule has 0 radical (unpaired) electrons. The zero-order chi connectivity index (χ0) is 41.2. The van der Waals surface area contributed by atoms with Crippen LogP contribution in [0.15, 0.2) is 72.8 Å². The number of nitrogens with zero attached hydrogens (tertiary/aromatic N) is 2. The summed E-state index contributed by atoms with van der Waals surface area (Å²) >= 11 is 11.6. The summed E-state index contributed by atoms with van der Waals surface area (Å²) in [5, 5.41) is 21.5. The number of ether oxygens (including phenoxy) is 5. The van der Waals surface area contributed by atoms with E-state index in [-0.39, 0.29) is 57.7 Å². The smallest absolute Gasteiger partial charge is 0.416 e. The Balaban J connectivity index is 0.000000305. The molecule has 1 atom stereocenters.